The number of aliphatic hydroxyl groups is 1. The molecule has 0 aliphatic heterocycles. The van der Waals surface area contributed by atoms with E-state index in [0.29, 0.717) is 5.76 Å². The number of hydrogen-bond donors (Lipinski definition) is 1. The first-order valence-corrected chi connectivity index (χ1v) is 5.62. The van der Waals surface area contributed by atoms with Crippen molar-refractivity contribution in [3.8, 4) is 0 Å². The van der Waals surface area contributed by atoms with Crippen LogP contribution >= 0.6 is 0 Å². The van der Waals surface area contributed by atoms with E-state index in [4.69, 9.17) is 9.84 Å². The van der Waals surface area contributed by atoms with Crippen LogP contribution in [0.3, 0.4) is 0 Å². The van der Waals surface area contributed by atoms with Gasteiger partial charge in [-0.05, 0) is 47.6 Å². The van der Waals surface area contributed by atoms with E-state index in [-0.39, 0.29) is 18.2 Å². The zero-order valence-corrected chi connectivity index (χ0v) is 11.0. The van der Waals surface area contributed by atoms with E-state index in [1.165, 1.54) is 6.08 Å². The Morgan fingerprint density at radius 1 is 1.19 bits per heavy atom. The predicted molar refractivity (Wildman–Crippen MR) is 64.0 cm³/mol. The lowest BCUT2D eigenvalue weighted by atomic mass is 10.2. The molecular formula is C12H23NO3. The molecule has 0 radical (unpaired) electrons. The molecule has 0 fully saturated rings. The van der Waals surface area contributed by atoms with Gasteiger partial charge < -0.3 is 14.7 Å². The van der Waals surface area contributed by atoms with Crippen molar-refractivity contribution in [1.29, 1.82) is 0 Å². The fourth-order valence-corrected chi connectivity index (χ4v) is 1.58. The van der Waals surface area contributed by atoms with Gasteiger partial charge in [0.15, 0.2) is 0 Å². The van der Waals surface area contributed by atoms with Crippen LogP contribution in [0.5, 0.6) is 0 Å². The summed E-state index contributed by atoms with van der Waals surface area (Å²) in [5.74, 6) is 0.423. The summed E-state index contributed by atoms with van der Waals surface area (Å²) in [5.41, 5.74) is 0. The van der Waals surface area contributed by atoms with Crippen molar-refractivity contribution in [2.75, 3.05) is 0 Å². The maximum Gasteiger partial charge on any atom is 0.415 e. The Morgan fingerprint density at radius 2 is 1.62 bits per heavy atom. The molecule has 0 heterocycles. The van der Waals surface area contributed by atoms with E-state index in [1.54, 1.807) is 18.7 Å². The Morgan fingerprint density at radius 3 is 1.94 bits per heavy atom. The van der Waals surface area contributed by atoms with E-state index in [0.717, 1.165) is 0 Å². The van der Waals surface area contributed by atoms with Gasteiger partial charge in [0.2, 0.25) is 0 Å². The highest BCUT2D eigenvalue weighted by Gasteiger charge is 2.21. The first-order valence-electron chi connectivity index (χ1n) is 5.62. The highest BCUT2D eigenvalue weighted by atomic mass is 16.6. The Hall–Kier alpha value is -1.03. The molecule has 0 bridgehead atoms. The second kappa shape index (κ2) is 6.53. The Kier molecular flexibility index (Phi) is 6.11. The molecule has 0 aromatic rings. The molecule has 0 saturated carbocycles. The molecule has 4 heteroatoms. The average molecular weight is 229 g/mol. The standard InChI is InChI=1S/C12H23NO3/c1-8(2)13(9(3)4)12(15)16-11(6)7-10(5)14/h7-10,14H,1-6H3/b11-7-. The molecule has 1 N–H and O–H groups in total. The number of hydrogen-bond acceptors (Lipinski definition) is 3. The fourth-order valence-electron chi connectivity index (χ4n) is 1.58. The van der Waals surface area contributed by atoms with Gasteiger partial charge in [-0.25, -0.2) is 4.79 Å². The fraction of sp³-hybridized carbons (Fsp3) is 0.750. The van der Waals surface area contributed by atoms with Gasteiger partial charge in [-0.3, -0.25) is 0 Å². The number of ether oxygens (including phenoxy) is 1. The number of amides is 1. The number of allylic oxidation sites excluding steroid dienone is 1. The summed E-state index contributed by atoms with van der Waals surface area (Å²) < 4.78 is 5.13. The van der Waals surface area contributed by atoms with Gasteiger partial charge >= 0.3 is 6.09 Å². The number of carbonyl (C=O) groups excluding carboxylic acids is 1. The third kappa shape index (κ3) is 5.16. The molecule has 0 aromatic heterocycles. The van der Waals surface area contributed by atoms with Crippen LogP contribution in [0.25, 0.3) is 0 Å². The minimum atomic E-state index is -0.612. The van der Waals surface area contributed by atoms with E-state index in [1.807, 2.05) is 27.7 Å². The molecule has 0 aliphatic rings. The summed E-state index contributed by atoms with van der Waals surface area (Å²) >= 11 is 0. The molecule has 0 spiro atoms. The monoisotopic (exact) mass is 229 g/mol. The summed E-state index contributed by atoms with van der Waals surface area (Å²) in [6, 6.07) is 0.179. The molecule has 0 rings (SSSR count). The predicted octanol–water partition coefficient (Wildman–Crippen LogP) is 2.53. The maximum absolute atomic E-state index is 11.8. The maximum atomic E-state index is 11.8. The molecule has 1 amide bonds. The van der Waals surface area contributed by atoms with Crippen LogP contribution in [-0.2, 0) is 4.74 Å². The summed E-state index contributed by atoms with van der Waals surface area (Å²) in [4.78, 5) is 13.5. The number of rotatable bonds is 4. The Labute approximate surface area is 97.9 Å². The number of nitrogens with zero attached hydrogens (tertiary/aromatic N) is 1. The molecule has 1 atom stereocenters. The number of carbonyl (C=O) groups is 1. The zero-order chi connectivity index (χ0) is 12.9. The molecular weight excluding hydrogens is 206 g/mol. The quantitative estimate of drug-likeness (QED) is 0.754. The van der Waals surface area contributed by atoms with Gasteiger partial charge in [-0.15, -0.1) is 0 Å². The topological polar surface area (TPSA) is 49.8 Å². The Balaban J connectivity index is 4.55. The summed E-state index contributed by atoms with van der Waals surface area (Å²) in [7, 11) is 0. The molecule has 0 saturated heterocycles. The minimum absolute atomic E-state index is 0.0897. The summed E-state index contributed by atoms with van der Waals surface area (Å²) in [6.07, 6.45) is 0.509. The average Bonchev–Trinajstić information content (AvgIpc) is 1.98. The van der Waals surface area contributed by atoms with Gasteiger partial charge in [-0.1, -0.05) is 0 Å². The zero-order valence-electron chi connectivity index (χ0n) is 11.0. The summed E-state index contributed by atoms with van der Waals surface area (Å²) in [5, 5.41) is 9.11. The van der Waals surface area contributed by atoms with Crippen molar-refractivity contribution in [3.63, 3.8) is 0 Å². The molecule has 0 aliphatic carbocycles. The minimum Gasteiger partial charge on any atom is -0.415 e. The van der Waals surface area contributed by atoms with Crippen LogP contribution in [0.4, 0.5) is 4.79 Å². The lowest BCUT2D eigenvalue weighted by Gasteiger charge is -2.29. The third-order valence-corrected chi connectivity index (χ3v) is 2.05. The van der Waals surface area contributed by atoms with Crippen molar-refractivity contribution < 1.29 is 14.6 Å². The van der Waals surface area contributed by atoms with Crippen LogP contribution in [0, 0.1) is 0 Å². The van der Waals surface area contributed by atoms with Crippen LogP contribution in [0.1, 0.15) is 41.5 Å². The van der Waals surface area contributed by atoms with Gasteiger partial charge in [-0.2, -0.15) is 0 Å². The second-order valence-corrected chi connectivity index (χ2v) is 4.48. The Bertz CT molecular complexity index is 249. The lowest BCUT2D eigenvalue weighted by Crippen LogP contribution is -2.42. The molecule has 16 heavy (non-hydrogen) atoms. The molecule has 0 aromatic carbocycles. The van der Waals surface area contributed by atoms with Gasteiger partial charge in [0.1, 0.15) is 5.76 Å². The normalized spacial score (nSPS) is 14.2. The van der Waals surface area contributed by atoms with Crippen LogP contribution < -0.4 is 0 Å². The highest BCUT2D eigenvalue weighted by Crippen LogP contribution is 2.10. The molecule has 1 unspecified atom stereocenters. The van der Waals surface area contributed by atoms with E-state index < -0.39 is 6.10 Å². The van der Waals surface area contributed by atoms with Gasteiger partial charge in [0.25, 0.3) is 0 Å². The van der Waals surface area contributed by atoms with Crippen molar-refractivity contribution in [2.24, 2.45) is 0 Å². The number of aliphatic hydroxyl groups excluding tert-OH is 1. The van der Waals surface area contributed by atoms with Crippen LogP contribution in [0.2, 0.25) is 0 Å². The van der Waals surface area contributed by atoms with Crippen molar-refractivity contribution in [1.82, 2.24) is 4.90 Å². The van der Waals surface area contributed by atoms with Crippen molar-refractivity contribution >= 4 is 6.09 Å². The van der Waals surface area contributed by atoms with Gasteiger partial charge in [0, 0.05) is 12.1 Å². The first-order chi connectivity index (χ1) is 7.25. The third-order valence-electron chi connectivity index (χ3n) is 2.05. The van der Waals surface area contributed by atoms with Crippen molar-refractivity contribution in [2.45, 2.75) is 59.7 Å². The van der Waals surface area contributed by atoms with E-state index >= 15 is 0 Å². The smallest absolute Gasteiger partial charge is 0.415 e. The highest BCUT2D eigenvalue weighted by molar-refractivity contribution is 5.69. The largest absolute Gasteiger partial charge is 0.415 e. The van der Waals surface area contributed by atoms with E-state index in [2.05, 4.69) is 0 Å². The van der Waals surface area contributed by atoms with Crippen LogP contribution in [0.15, 0.2) is 11.8 Å². The lowest BCUT2D eigenvalue weighted by molar-refractivity contribution is 0.100. The second-order valence-electron chi connectivity index (χ2n) is 4.48. The molecule has 4 nitrogen and oxygen atoms in total. The van der Waals surface area contributed by atoms with Crippen LogP contribution in [-0.4, -0.2) is 34.3 Å². The summed E-state index contributed by atoms with van der Waals surface area (Å²) in [6.45, 7) is 11.0. The van der Waals surface area contributed by atoms with Gasteiger partial charge in [0.05, 0.1) is 6.10 Å². The van der Waals surface area contributed by atoms with E-state index in [9.17, 15) is 4.79 Å². The SMILES string of the molecule is C/C(=C/C(C)O)OC(=O)N(C(C)C)C(C)C. The van der Waals surface area contributed by atoms with Crippen molar-refractivity contribution in [3.05, 3.63) is 11.8 Å². The molecule has 94 valence electrons. The first kappa shape index (κ1) is 15.0.